The van der Waals surface area contributed by atoms with Crippen molar-refractivity contribution in [2.24, 2.45) is 5.10 Å². The standard InChI is InChI=1S/C16H11FN6/c17-11-7-5-10(6-8-11)9-18-22-16-20-15-14(21-23-16)12-3-1-2-4-13(12)19-15/h1-9H,(H2,19,20,22,23)/b18-9-. The maximum absolute atomic E-state index is 12.8. The zero-order valence-electron chi connectivity index (χ0n) is 11.9. The van der Waals surface area contributed by atoms with Gasteiger partial charge < -0.3 is 4.98 Å². The highest BCUT2D eigenvalue weighted by Gasteiger charge is 2.07. The Morgan fingerprint density at radius 1 is 1.04 bits per heavy atom. The molecular formula is C16H11FN6. The molecule has 6 nitrogen and oxygen atoms in total. The molecule has 0 aliphatic heterocycles. The minimum absolute atomic E-state index is 0.280. The molecule has 4 aromatic rings. The highest BCUT2D eigenvalue weighted by Crippen LogP contribution is 2.21. The summed E-state index contributed by atoms with van der Waals surface area (Å²) in [6.07, 6.45) is 1.55. The number of H-pyrrole nitrogens is 1. The summed E-state index contributed by atoms with van der Waals surface area (Å²) in [6.45, 7) is 0. The first-order valence-electron chi connectivity index (χ1n) is 6.95. The Morgan fingerprint density at radius 2 is 1.87 bits per heavy atom. The van der Waals surface area contributed by atoms with Crippen LogP contribution >= 0.6 is 0 Å². The number of nitrogens with zero attached hydrogens (tertiary/aromatic N) is 4. The van der Waals surface area contributed by atoms with Crippen molar-refractivity contribution in [3.05, 3.63) is 59.9 Å². The number of hydrogen-bond donors (Lipinski definition) is 2. The van der Waals surface area contributed by atoms with Crippen LogP contribution in [0.1, 0.15) is 5.56 Å². The summed E-state index contributed by atoms with van der Waals surface area (Å²) >= 11 is 0. The van der Waals surface area contributed by atoms with Gasteiger partial charge in [-0.05, 0) is 23.8 Å². The quantitative estimate of drug-likeness (QED) is 0.450. The molecule has 0 saturated carbocycles. The maximum Gasteiger partial charge on any atom is 0.265 e. The summed E-state index contributed by atoms with van der Waals surface area (Å²) in [7, 11) is 0. The number of fused-ring (bicyclic) bond motifs is 3. The number of benzene rings is 2. The van der Waals surface area contributed by atoms with Crippen molar-refractivity contribution in [3.8, 4) is 0 Å². The minimum atomic E-state index is -0.285. The van der Waals surface area contributed by atoms with E-state index in [4.69, 9.17) is 0 Å². The van der Waals surface area contributed by atoms with E-state index in [1.165, 1.54) is 12.1 Å². The van der Waals surface area contributed by atoms with Crippen molar-refractivity contribution in [2.75, 3.05) is 5.43 Å². The maximum atomic E-state index is 12.8. The molecule has 7 heteroatoms. The van der Waals surface area contributed by atoms with E-state index in [-0.39, 0.29) is 11.8 Å². The molecule has 2 aromatic carbocycles. The lowest BCUT2D eigenvalue weighted by molar-refractivity contribution is 0.628. The fourth-order valence-electron chi connectivity index (χ4n) is 2.28. The Labute approximate surface area is 130 Å². The minimum Gasteiger partial charge on any atom is -0.338 e. The second-order valence-electron chi connectivity index (χ2n) is 4.92. The lowest BCUT2D eigenvalue weighted by Crippen LogP contribution is -1.99. The van der Waals surface area contributed by atoms with Crippen LogP contribution < -0.4 is 5.43 Å². The smallest absolute Gasteiger partial charge is 0.265 e. The number of rotatable bonds is 3. The van der Waals surface area contributed by atoms with Gasteiger partial charge in [-0.2, -0.15) is 10.1 Å². The summed E-state index contributed by atoms with van der Waals surface area (Å²) in [5.41, 5.74) is 5.79. The number of aromatic nitrogens is 4. The molecule has 2 N–H and O–H groups in total. The predicted octanol–water partition coefficient (Wildman–Crippen LogP) is 3.09. The number of para-hydroxylation sites is 1. The molecular weight excluding hydrogens is 295 g/mol. The molecule has 2 aromatic heterocycles. The van der Waals surface area contributed by atoms with Gasteiger partial charge in [-0.1, -0.05) is 30.3 Å². The first-order chi connectivity index (χ1) is 11.3. The summed E-state index contributed by atoms with van der Waals surface area (Å²) in [5.74, 6) is -0.00526. The molecule has 0 aliphatic carbocycles. The van der Waals surface area contributed by atoms with Crippen LogP contribution in [0.2, 0.25) is 0 Å². The van der Waals surface area contributed by atoms with Gasteiger partial charge in [0, 0.05) is 10.9 Å². The van der Waals surface area contributed by atoms with Crippen LogP contribution in [0.4, 0.5) is 10.3 Å². The van der Waals surface area contributed by atoms with Gasteiger partial charge in [-0.3, -0.25) is 0 Å². The third kappa shape index (κ3) is 2.59. The average molecular weight is 306 g/mol. The zero-order valence-corrected chi connectivity index (χ0v) is 11.9. The fourth-order valence-corrected chi connectivity index (χ4v) is 2.28. The molecule has 0 saturated heterocycles. The van der Waals surface area contributed by atoms with Crippen molar-refractivity contribution in [1.29, 1.82) is 0 Å². The first-order valence-corrected chi connectivity index (χ1v) is 6.95. The number of halogens is 1. The molecule has 0 amide bonds. The molecule has 0 spiro atoms. The summed E-state index contributed by atoms with van der Waals surface area (Å²) in [4.78, 5) is 7.53. The van der Waals surface area contributed by atoms with E-state index in [1.807, 2.05) is 24.3 Å². The summed E-state index contributed by atoms with van der Waals surface area (Å²) < 4.78 is 12.8. The van der Waals surface area contributed by atoms with Crippen LogP contribution in [0.25, 0.3) is 22.1 Å². The molecule has 112 valence electrons. The molecule has 2 heterocycles. The highest BCUT2D eigenvalue weighted by molar-refractivity contribution is 6.03. The number of hydrogen-bond acceptors (Lipinski definition) is 5. The van der Waals surface area contributed by atoms with Crippen LogP contribution in [-0.2, 0) is 0 Å². The topological polar surface area (TPSA) is 78.8 Å². The Balaban J connectivity index is 1.59. The van der Waals surface area contributed by atoms with Gasteiger partial charge in [-0.25, -0.2) is 9.82 Å². The molecule has 0 aliphatic rings. The Bertz CT molecular complexity index is 1010. The number of aromatic amines is 1. The second kappa shape index (κ2) is 5.45. The van der Waals surface area contributed by atoms with Gasteiger partial charge in [0.25, 0.3) is 5.95 Å². The van der Waals surface area contributed by atoms with E-state index in [0.717, 1.165) is 16.5 Å². The Kier molecular flexibility index (Phi) is 3.16. The lowest BCUT2D eigenvalue weighted by Gasteiger charge is -1.97. The van der Waals surface area contributed by atoms with Gasteiger partial charge >= 0.3 is 0 Å². The monoisotopic (exact) mass is 306 g/mol. The molecule has 0 fully saturated rings. The number of hydrazone groups is 1. The Hall–Kier alpha value is -3.35. The van der Waals surface area contributed by atoms with Crippen LogP contribution in [-0.4, -0.2) is 26.4 Å². The van der Waals surface area contributed by atoms with E-state index in [9.17, 15) is 4.39 Å². The van der Waals surface area contributed by atoms with E-state index in [2.05, 4.69) is 30.7 Å². The molecule has 0 atom stereocenters. The highest BCUT2D eigenvalue weighted by atomic mass is 19.1. The summed E-state index contributed by atoms with van der Waals surface area (Å²) in [5, 5.41) is 13.2. The zero-order chi connectivity index (χ0) is 15.6. The van der Waals surface area contributed by atoms with E-state index >= 15 is 0 Å². The van der Waals surface area contributed by atoms with Gasteiger partial charge in [0.2, 0.25) is 0 Å². The molecule has 4 rings (SSSR count). The first kappa shape index (κ1) is 13.3. The molecule has 0 unspecified atom stereocenters. The largest absolute Gasteiger partial charge is 0.338 e. The van der Waals surface area contributed by atoms with E-state index in [0.29, 0.717) is 11.2 Å². The third-order valence-electron chi connectivity index (χ3n) is 3.37. The number of nitrogens with one attached hydrogen (secondary N) is 2. The number of anilines is 1. The van der Waals surface area contributed by atoms with Gasteiger partial charge in [0.15, 0.2) is 5.65 Å². The van der Waals surface area contributed by atoms with Crippen LogP contribution in [0.5, 0.6) is 0 Å². The van der Waals surface area contributed by atoms with Gasteiger partial charge in [-0.15, -0.1) is 10.2 Å². The van der Waals surface area contributed by atoms with Gasteiger partial charge in [0.1, 0.15) is 11.3 Å². The predicted molar refractivity (Wildman–Crippen MR) is 86.8 cm³/mol. The Morgan fingerprint density at radius 3 is 2.74 bits per heavy atom. The van der Waals surface area contributed by atoms with Crippen molar-refractivity contribution in [3.63, 3.8) is 0 Å². The fraction of sp³-hybridized carbons (Fsp3) is 0. The molecule has 23 heavy (non-hydrogen) atoms. The summed E-state index contributed by atoms with van der Waals surface area (Å²) in [6, 6.07) is 13.8. The molecule has 0 bridgehead atoms. The third-order valence-corrected chi connectivity index (χ3v) is 3.37. The second-order valence-corrected chi connectivity index (χ2v) is 4.92. The normalized spacial score (nSPS) is 11.5. The SMILES string of the molecule is Fc1ccc(/C=N\Nc2nnc3c(n2)[nH]c2ccccc23)cc1. The van der Waals surface area contributed by atoms with Crippen LogP contribution in [0.15, 0.2) is 53.6 Å². The van der Waals surface area contributed by atoms with Crippen molar-refractivity contribution < 1.29 is 4.39 Å². The van der Waals surface area contributed by atoms with Crippen LogP contribution in [0, 0.1) is 5.82 Å². The lowest BCUT2D eigenvalue weighted by atomic mass is 10.2. The van der Waals surface area contributed by atoms with Crippen molar-refractivity contribution >= 4 is 34.2 Å². The van der Waals surface area contributed by atoms with Crippen LogP contribution in [0.3, 0.4) is 0 Å². The average Bonchev–Trinajstić information content (AvgIpc) is 2.94. The van der Waals surface area contributed by atoms with E-state index < -0.39 is 0 Å². The van der Waals surface area contributed by atoms with Crippen molar-refractivity contribution in [1.82, 2.24) is 20.2 Å². The molecule has 0 radical (unpaired) electrons. The van der Waals surface area contributed by atoms with E-state index in [1.54, 1.807) is 18.3 Å². The van der Waals surface area contributed by atoms with Crippen molar-refractivity contribution in [2.45, 2.75) is 0 Å². The van der Waals surface area contributed by atoms with Gasteiger partial charge in [0.05, 0.1) is 6.21 Å².